The van der Waals surface area contributed by atoms with Crippen LogP contribution in [0.3, 0.4) is 0 Å². The van der Waals surface area contributed by atoms with Gasteiger partial charge < -0.3 is 20.5 Å². The molecule has 0 aliphatic heterocycles. The Kier molecular flexibility index (Phi) is 5.45. The number of amides is 2. The number of rotatable bonds is 5. The lowest BCUT2D eigenvalue weighted by molar-refractivity contribution is 0.122. The van der Waals surface area contributed by atoms with Crippen LogP contribution in [0.15, 0.2) is 18.2 Å². The number of aliphatic hydroxyl groups excluding tert-OH is 1. The number of hydrogen-bond acceptors (Lipinski definition) is 3. The minimum atomic E-state index is -0.480. The van der Waals surface area contributed by atoms with Gasteiger partial charge in [0.1, 0.15) is 18.2 Å². The normalized spacial score (nSPS) is 23.1. The monoisotopic (exact) mass is 320 g/mol. The third-order valence-electron chi connectivity index (χ3n) is 4.25. The number of halogens is 1. The molecule has 1 aromatic rings. The Morgan fingerprint density at radius 3 is 3.09 bits per heavy atom. The fraction of sp³-hybridized carbons (Fsp3) is 0.471. The summed E-state index contributed by atoms with van der Waals surface area (Å²) < 4.78 is 18.5. The van der Waals surface area contributed by atoms with Gasteiger partial charge in [0.25, 0.3) is 0 Å². The van der Waals surface area contributed by atoms with Crippen molar-refractivity contribution in [2.75, 3.05) is 18.5 Å². The van der Waals surface area contributed by atoms with Crippen LogP contribution in [-0.4, -0.2) is 30.4 Å². The summed E-state index contributed by atoms with van der Waals surface area (Å²) >= 11 is 0. The molecule has 1 saturated carbocycles. The van der Waals surface area contributed by atoms with E-state index in [0.717, 1.165) is 19.3 Å². The summed E-state index contributed by atoms with van der Waals surface area (Å²) in [4.78, 5) is 12.2. The molecule has 0 bridgehead atoms. The fourth-order valence-corrected chi connectivity index (χ4v) is 2.82. The molecule has 5 nitrogen and oxygen atoms in total. The van der Waals surface area contributed by atoms with Crippen molar-refractivity contribution in [3.8, 4) is 18.1 Å². The lowest BCUT2D eigenvalue weighted by Gasteiger charge is -2.30. The number of ether oxygens (including phenoxy) is 1. The summed E-state index contributed by atoms with van der Waals surface area (Å²) in [5.41, 5.74) is 0.0194. The van der Waals surface area contributed by atoms with Gasteiger partial charge in [-0.1, -0.05) is 19.3 Å². The van der Waals surface area contributed by atoms with Crippen LogP contribution in [0.4, 0.5) is 14.9 Å². The van der Waals surface area contributed by atoms with Crippen molar-refractivity contribution in [1.82, 2.24) is 5.32 Å². The number of nitrogens with one attached hydrogen (secondary N) is 2. The number of aliphatic hydroxyl groups is 1. The summed E-state index contributed by atoms with van der Waals surface area (Å²) in [6, 6.07) is 3.28. The van der Waals surface area contributed by atoms with Crippen LogP contribution < -0.4 is 15.4 Å². The van der Waals surface area contributed by atoms with E-state index in [2.05, 4.69) is 16.6 Å². The average molecular weight is 320 g/mol. The highest BCUT2D eigenvalue weighted by atomic mass is 19.1. The van der Waals surface area contributed by atoms with Crippen molar-refractivity contribution >= 4 is 11.7 Å². The Hall–Kier alpha value is -2.26. The van der Waals surface area contributed by atoms with Gasteiger partial charge in [-0.2, -0.15) is 0 Å². The lowest BCUT2D eigenvalue weighted by Crippen LogP contribution is -2.46. The van der Waals surface area contributed by atoms with E-state index in [1.54, 1.807) is 0 Å². The molecule has 0 saturated heterocycles. The molecule has 1 fully saturated rings. The Bertz CT molecular complexity index is 614. The first-order valence-corrected chi connectivity index (χ1v) is 7.53. The van der Waals surface area contributed by atoms with E-state index in [1.807, 2.05) is 6.92 Å². The van der Waals surface area contributed by atoms with E-state index in [-0.39, 0.29) is 30.4 Å². The molecule has 1 aromatic carbocycles. The molecule has 0 heterocycles. The average Bonchev–Trinajstić information content (AvgIpc) is 2.89. The van der Waals surface area contributed by atoms with E-state index >= 15 is 0 Å². The van der Waals surface area contributed by atoms with Gasteiger partial charge in [0, 0.05) is 17.5 Å². The van der Waals surface area contributed by atoms with Crippen molar-refractivity contribution in [2.45, 2.75) is 32.2 Å². The molecule has 0 spiro atoms. The number of terminal acetylenes is 1. The van der Waals surface area contributed by atoms with Gasteiger partial charge in [-0.25, -0.2) is 9.18 Å². The smallest absolute Gasteiger partial charge is 0.319 e. The zero-order valence-electron chi connectivity index (χ0n) is 13.1. The van der Waals surface area contributed by atoms with Crippen LogP contribution in [0, 0.1) is 23.6 Å². The SMILES string of the molecule is C#CCOc1cc(F)ccc1NC(=O)NC1CCCC1(C)CO. The molecular formula is C17H21FN2O3. The second-order valence-electron chi connectivity index (χ2n) is 5.99. The lowest BCUT2D eigenvalue weighted by atomic mass is 9.86. The summed E-state index contributed by atoms with van der Waals surface area (Å²) in [5.74, 6) is 1.99. The summed E-state index contributed by atoms with van der Waals surface area (Å²) in [6.45, 7) is 1.94. The summed E-state index contributed by atoms with van der Waals surface area (Å²) in [7, 11) is 0. The highest BCUT2D eigenvalue weighted by Crippen LogP contribution is 2.37. The Morgan fingerprint density at radius 1 is 1.61 bits per heavy atom. The molecule has 3 N–H and O–H groups in total. The molecule has 1 aliphatic carbocycles. The topological polar surface area (TPSA) is 70.6 Å². The van der Waals surface area contributed by atoms with Gasteiger partial charge in [-0.15, -0.1) is 6.42 Å². The molecule has 2 unspecified atom stereocenters. The number of carbonyl (C=O) groups excluding carboxylic acids is 1. The highest BCUT2D eigenvalue weighted by Gasteiger charge is 2.39. The van der Waals surface area contributed by atoms with Gasteiger partial charge in [-0.3, -0.25) is 0 Å². The third kappa shape index (κ3) is 4.14. The zero-order chi connectivity index (χ0) is 16.9. The largest absolute Gasteiger partial charge is 0.479 e. The van der Waals surface area contributed by atoms with Crippen LogP contribution in [0.5, 0.6) is 5.75 Å². The van der Waals surface area contributed by atoms with Crippen molar-refractivity contribution in [2.24, 2.45) is 5.41 Å². The molecule has 124 valence electrons. The molecule has 0 aromatic heterocycles. The van der Waals surface area contributed by atoms with E-state index in [1.165, 1.54) is 18.2 Å². The molecule has 0 radical (unpaired) electrons. The van der Waals surface area contributed by atoms with E-state index < -0.39 is 11.8 Å². The number of anilines is 1. The fourth-order valence-electron chi connectivity index (χ4n) is 2.82. The third-order valence-corrected chi connectivity index (χ3v) is 4.25. The minimum Gasteiger partial charge on any atom is -0.479 e. The Labute approximate surface area is 135 Å². The van der Waals surface area contributed by atoms with Gasteiger partial charge in [-0.05, 0) is 25.0 Å². The van der Waals surface area contributed by atoms with E-state index in [0.29, 0.717) is 5.69 Å². The minimum absolute atomic E-state index is 0.0189. The quantitative estimate of drug-likeness (QED) is 0.730. The number of urea groups is 1. The van der Waals surface area contributed by atoms with Crippen molar-refractivity contribution in [1.29, 1.82) is 0 Å². The first-order chi connectivity index (χ1) is 11.0. The maximum Gasteiger partial charge on any atom is 0.319 e. The standard InChI is InChI=1S/C17H21FN2O3/c1-3-9-23-14-10-12(18)6-7-13(14)19-16(22)20-15-5-4-8-17(15,2)11-21/h1,6-7,10,15,21H,4-5,8-9,11H2,2H3,(H2,19,20,22). The number of benzene rings is 1. The van der Waals surface area contributed by atoms with E-state index in [4.69, 9.17) is 11.2 Å². The van der Waals surface area contributed by atoms with Crippen LogP contribution in [0.2, 0.25) is 0 Å². The molecule has 2 atom stereocenters. The first-order valence-electron chi connectivity index (χ1n) is 7.53. The predicted octanol–water partition coefficient (Wildman–Crippen LogP) is 2.51. The van der Waals surface area contributed by atoms with Crippen molar-refractivity contribution < 1.29 is 19.0 Å². The number of hydrogen-bond donors (Lipinski definition) is 3. The maximum absolute atomic E-state index is 13.3. The molecule has 1 aliphatic rings. The second kappa shape index (κ2) is 7.34. The summed E-state index contributed by atoms with van der Waals surface area (Å²) in [5, 5.41) is 15.0. The molecule has 6 heteroatoms. The maximum atomic E-state index is 13.3. The van der Waals surface area contributed by atoms with Gasteiger partial charge in [0.15, 0.2) is 0 Å². The van der Waals surface area contributed by atoms with Crippen LogP contribution in [0.1, 0.15) is 26.2 Å². The van der Waals surface area contributed by atoms with Crippen molar-refractivity contribution in [3.05, 3.63) is 24.0 Å². The zero-order valence-corrected chi connectivity index (χ0v) is 13.1. The number of carbonyl (C=O) groups is 1. The van der Waals surface area contributed by atoms with Crippen LogP contribution in [0.25, 0.3) is 0 Å². The van der Waals surface area contributed by atoms with Gasteiger partial charge >= 0.3 is 6.03 Å². The van der Waals surface area contributed by atoms with E-state index in [9.17, 15) is 14.3 Å². The molecule has 2 rings (SSSR count). The Morgan fingerprint density at radius 2 is 2.39 bits per heavy atom. The van der Waals surface area contributed by atoms with Crippen LogP contribution >= 0.6 is 0 Å². The highest BCUT2D eigenvalue weighted by molar-refractivity contribution is 5.91. The second-order valence-corrected chi connectivity index (χ2v) is 5.99. The molecular weight excluding hydrogens is 299 g/mol. The predicted molar refractivity (Wildman–Crippen MR) is 85.7 cm³/mol. The van der Waals surface area contributed by atoms with Crippen LogP contribution in [-0.2, 0) is 0 Å². The van der Waals surface area contributed by atoms with Crippen molar-refractivity contribution in [3.63, 3.8) is 0 Å². The van der Waals surface area contributed by atoms with Gasteiger partial charge in [0.2, 0.25) is 0 Å². The molecule has 2 amide bonds. The Balaban J connectivity index is 2.04. The molecule has 23 heavy (non-hydrogen) atoms. The van der Waals surface area contributed by atoms with Gasteiger partial charge in [0.05, 0.1) is 12.3 Å². The summed E-state index contributed by atoms with van der Waals surface area (Å²) in [6.07, 6.45) is 7.76. The first kappa shape index (κ1) is 17.1.